The van der Waals surface area contributed by atoms with Crippen LogP contribution in [0.15, 0.2) is 24.4 Å². The Morgan fingerprint density at radius 2 is 2.06 bits per heavy atom. The summed E-state index contributed by atoms with van der Waals surface area (Å²) in [6.45, 7) is 6.30. The minimum Gasteiger partial charge on any atom is -0.347 e. The van der Waals surface area contributed by atoms with E-state index in [2.05, 4.69) is 42.8 Å². The molecule has 0 spiro atoms. The van der Waals surface area contributed by atoms with Gasteiger partial charge in [-0.1, -0.05) is 25.0 Å². The Hall–Kier alpha value is -1.28. The van der Waals surface area contributed by atoms with E-state index in [-0.39, 0.29) is 0 Å². The zero-order valence-corrected chi connectivity index (χ0v) is 11.6. The number of hydrogen-bond acceptors (Lipinski definition) is 1. The molecule has 0 aliphatic rings. The normalized spacial score (nSPS) is 11.3. The fourth-order valence-corrected chi connectivity index (χ4v) is 2.49. The van der Waals surface area contributed by atoms with Crippen LogP contribution in [-0.4, -0.2) is 11.1 Å². The van der Waals surface area contributed by atoms with Gasteiger partial charge in [0.15, 0.2) is 0 Å². The molecule has 0 aliphatic carbocycles. The average molecular weight is 244 g/mol. The molecule has 0 bridgehead atoms. The summed E-state index contributed by atoms with van der Waals surface area (Å²) in [5.41, 5.74) is 9.80. The molecule has 0 aliphatic heterocycles. The van der Waals surface area contributed by atoms with Gasteiger partial charge < -0.3 is 10.3 Å². The molecule has 98 valence electrons. The molecule has 2 aromatic rings. The predicted molar refractivity (Wildman–Crippen MR) is 79.0 cm³/mol. The van der Waals surface area contributed by atoms with Crippen LogP contribution in [0.4, 0.5) is 0 Å². The molecule has 18 heavy (non-hydrogen) atoms. The van der Waals surface area contributed by atoms with Gasteiger partial charge in [-0.3, -0.25) is 0 Å². The molecule has 0 amide bonds. The first-order chi connectivity index (χ1) is 8.76. The van der Waals surface area contributed by atoms with Gasteiger partial charge in [-0.15, -0.1) is 0 Å². The molecule has 2 N–H and O–H groups in total. The second-order valence-electron chi connectivity index (χ2n) is 5.11. The molecule has 0 fully saturated rings. The zero-order chi connectivity index (χ0) is 13.0. The van der Waals surface area contributed by atoms with Crippen molar-refractivity contribution in [2.75, 3.05) is 6.54 Å². The molecular formula is C16H24N2. The monoisotopic (exact) mass is 244 g/mol. The molecule has 0 saturated carbocycles. The summed E-state index contributed by atoms with van der Waals surface area (Å²) < 4.78 is 2.41. The highest BCUT2D eigenvalue weighted by molar-refractivity contribution is 5.84. The summed E-state index contributed by atoms with van der Waals surface area (Å²) in [5, 5.41) is 1.42. The number of benzene rings is 1. The molecule has 2 nitrogen and oxygen atoms in total. The third-order valence-corrected chi connectivity index (χ3v) is 3.52. The van der Waals surface area contributed by atoms with Crippen molar-refractivity contribution in [1.82, 2.24) is 4.57 Å². The highest BCUT2D eigenvalue weighted by Gasteiger charge is 2.08. The fraction of sp³-hybridized carbons (Fsp3) is 0.500. The van der Waals surface area contributed by atoms with Crippen LogP contribution in [0.1, 0.15) is 37.3 Å². The lowest BCUT2D eigenvalue weighted by Gasteiger charge is -2.03. The maximum absolute atomic E-state index is 5.63. The van der Waals surface area contributed by atoms with Gasteiger partial charge >= 0.3 is 0 Å². The van der Waals surface area contributed by atoms with Gasteiger partial charge in [0.25, 0.3) is 0 Å². The van der Waals surface area contributed by atoms with Crippen molar-refractivity contribution in [2.45, 2.75) is 46.1 Å². The number of nitrogens with zero attached hydrogens (tertiary/aromatic N) is 1. The number of nitrogens with two attached hydrogens (primary N) is 1. The van der Waals surface area contributed by atoms with E-state index in [0.29, 0.717) is 0 Å². The maximum atomic E-state index is 5.63. The van der Waals surface area contributed by atoms with Crippen molar-refractivity contribution < 1.29 is 0 Å². The quantitative estimate of drug-likeness (QED) is 0.826. The minimum absolute atomic E-state index is 0.771. The van der Waals surface area contributed by atoms with Gasteiger partial charge in [0.1, 0.15) is 0 Å². The lowest BCUT2D eigenvalue weighted by molar-refractivity contribution is 0.647. The molecule has 2 rings (SSSR count). The molecule has 1 heterocycles. The molecule has 0 radical (unpaired) electrons. The number of aromatic nitrogens is 1. The summed E-state index contributed by atoms with van der Waals surface area (Å²) in [7, 11) is 0. The Labute approximate surface area is 110 Å². The highest BCUT2D eigenvalue weighted by atomic mass is 15.0. The number of hydrogen-bond donors (Lipinski definition) is 1. The summed E-state index contributed by atoms with van der Waals surface area (Å²) in [6.07, 6.45) is 6.98. The first-order valence-electron chi connectivity index (χ1n) is 7.04. The van der Waals surface area contributed by atoms with Crippen LogP contribution in [0.3, 0.4) is 0 Å². The fourth-order valence-electron chi connectivity index (χ4n) is 2.49. The Morgan fingerprint density at radius 3 is 2.78 bits per heavy atom. The second-order valence-corrected chi connectivity index (χ2v) is 5.11. The van der Waals surface area contributed by atoms with Crippen LogP contribution in [-0.2, 0) is 13.0 Å². The van der Waals surface area contributed by atoms with E-state index in [9.17, 15) is 0 Å². The zero-order valence-electron chi connectivity index (χ0n) is 11.6. The van der Waals surface area contributed by atoms with Gasteiger partial charge in [-0.05, 0) is 50.4 Å². The van der Waals surface area contributed by atoms with Crippen molar-refractivity contribution in [2.24, 2.45) is 5.73 Å². The van der Waals surface area contributed by atoms with Crippen LogP contribution in [0.25, 0.3) is 10.9 Å². The first kappa shape index (κ1) is 13.2. The molecule has 1 aromatic heterocycles. The van der Waals surface area contributed by atoms with Crippen molar-refractivity contribution >= 4 is 10.9 Å². The molecule has 0 atom stereocenters. The van der Waals surface area contributed by atoms with E-state index < -0.39 is 0 Å². The summed E-state index contributed by atoms with van der Waals surface area (Å²) in [6, 6.07) is 6.77. The van der Waals surface area contributed by atoms with Crippen LogP contribution in [0.2, 0.25) is 0 Å². The Balaban J connectivity index is 2.39. The molecular weight excluding hydrogens is 220 g/mol. The van der Waals surface area contributed by atoms with E-state index in [4.69, 9.17) is 5.73 Å². The molecule has 2 heteroatoms. The second kappa shape index (κ2) is 6.05. The number of unbranched alkanes of at least 4 members (excludes halogenated alkanes) is 1. The third-order valence-electron chi connectivity index (χ3n) is 3.52. The average Bonchev–Trinajstić information content (AvgIpc) is 2.71. The van der Waals surface area contributed by atoms with Crippen molar-refractivity contribution in [3.8, 4) is 0 Å². The van der Waals surface area contributed by atoms with Crippen LogP contribution in [0, 0.1) is 6.92 Å². The van der Waals surface area contributed by atoms with Gasteiger partial charge in [-0.2, -0.15) is 0 Å². The first-order valence-corrected chi connectivity index (χ1v) is 7.04. The lowest BCUT2D eigenvalue weighted by Crippen LogP contribution is -2.00. The lowest BCUT2D eigenvalue weighted by atomic mass is 10.1. The van der Waals surface area contributed by atoms with Gasteiger partial charge in [0.2, 0.25) is 0 Å². The number of aryl methyl sites for hydroxylation is 3. The molecule has 0 saturated heterocycles. The summed E-state index contributed by atoms with van der Waals surface area (Å²) in [5.74, 6) is 0. The molecule has 1 aromatic carbocycles. The SMILES string of the molecule is CCCCn1cc(CCCN)c2cc(C)ccc21. The van der Waals surface area contributed by atoms with Crippen molar-refractivity contribution in [1.29, 1.82) is 0 Å². The van der Waals surface area contributed by atoms with E-state index >= 15 is 0 Å². The van der Waals surface area contributed by atoms with Crippen LogP contribution < -0.4 is 5.73 Å². The van der Waals surface area contributed by atoms with E-state index in [1.807, 2.05) is 0 Å². The highest BCUT2D eigenvalue weighted by Crippen LogP contribution is 2.24. The van der Waals surface area contributed by atoms with Crippen LogP contribution in [0.5, 0.6) is 0 Å². The Bertz CT molecular complexity index is 511. The summed E-state index contributed by atoms with van der Waals surface area (Å²) in [4.78, 5) is 0. The largest absolute Gasteiger partial charge is 0.347 e. The summed E-state index contributed by atoms with van der Waals surface area (Å²) >= 11 is 0. The predicted octanol–water partition coefficient (Wildman–Crippen LogP) is 3.64. The number of rotatable bonds is 6. The standard InChI is InChI=1S/C16H24N2/c1-3-4-10-18-12-14(6-5-9-17)15-11-13(2)7-8-16(15)18/h7-8,11-12H,3-6,9-10,17H2,1-2H3. The Morgan fingerprint density at radius 1 is 1.22 bits per heavy atom. The van der Waals surface area contributed by atoms with Crippen molar-refractivity contribution in [3.05, 3.63) is 35.5 Å². The maximum Gasteiger partial charge on any atom is 0.0483 e. The van der Waals surface area contributed by atoms with E-state index in [0.717, 1.165) is 25.9 Å². The van der Waals surface area contributed by atoms with Crippen LogP contribution >= 0.6 is 0 Å². The van der Waals surface area contributed by atoms with Crippen molar-refractivity contribution in [3.63, 3.8) is 0 Å². The van der Waals surface area contributed by atoms with E-state index in [1.54, 1.807) is 0 Å². The smallest absolute Gasteiger partial charge is 0.0483 e. The van der Waals surface area contributed by atoms with Gasteiger partial charge in [-0.25, -0.2) is 0 Å². The van der Waals surface area contributed by atoms with Gasteiger partial charge in [0.05, 0.1) is 0 Å². The Kier molecular flexibility index (Phi) is 4.43. The van der Waals surface area contributed by atoms with Gasteiger partial charge in [0, 0.05) is 23.6 Å². The third kappa shape index (κ3) is 2.75. The van der Waals surface area contributed by atoms with E-state index in [1.165, 1.54) is 34.9 Å². The topological polar surface area (TPSA) is 30.9 Å². The number of fused-ring (bicyclic) bond motifs is 1. The minimum atomic E-state index is 0.771. The molecule has 0 unspecified atom stereocenters.